The van der Waals surface area contributed by atoms with Crippen LogP contribution >= 0.6 is 0 Å². The highest BCUT2D eigenvalue weighted by atomic mass is 16.5. The number of esters is 1. The predicted molar refractivity (Wildman–Crippen MR) is 83.6 cm³/mol. The van der Waals surface area contributed by atoms with E-state index in [1.807, 2.05) is 13.8 Å². The van der Waals surface area contributed by atoms with Crippen molar-refractivity contribution in [3.05, 3.63) is 0 Å². The van der Waals surface area contributed by atoms with Crippen LogP contribution in [-0.2, 0) is 9.53 Å². The van der Waals surface area contributed by atoms with Gasteiger partial charge in [0.05, 0.1) is 12.0 Å². The fraction of sp³-hybridized carbons (Fsp3) is 0.941. The lowest BCUT2D eigenvalue weighted by atomic mass is 9.76. The Morgan fingerprint density at radius 1 is 0.900 bits per heavy atom. The summed E-state index contributed by atoms with van der Waals surface area (Å²) in [6.07, 6.45) is 7.17. The maximum absolute atomic E-state index is 12.1. The van der Waals surface area contributed by atoms with Crippen molar-refractivity contribution < 1.29 is 14.6 Å². The normalized spacial score (nSPS) is 12.5. The Bertz CT molecular complexity index is 264. The van der Waals surface area contributed by atoms with Gasteiger partial charge in [-0.2, -0.15) is 0 Å². The molecular formula is C17H34O3. The highest BCUT2D eigenvalue weighted by Gasteiger charge is 2.33. The average molecular weight is 286 g/mol. The Kier molecular flexibility index (Phi) is 9.11. The van der Waals surface area contributed by atoms with Gasteiger partial charge in [-0.25, -0.2) is 0 Å². The molecule has 0 amide bonds. The van der Waals surface area contributed by atoms with Crippen molar-refractivity contribution in [3.63, 3.8) is 0 Å². The average Bonchev–Trinajstić information content (AvgIpc) is 2.29. The van der Waals surface area contributed by atoms with E-state index in [4.69, 9.17) is 9.84 Å². The SMILES string of the molecule is CC(C)(C)CC(C)(C)C(=O)OCCCCCCCCO. The first-order valence-corrected chi connectivity index (χ1v) is 7.97. The quantitative estimate of drug-likeness (QED) is 0.480. The largest absolute Gasteiger partial charge is 0.465 e. The summed E-state index contributed by atoms with van der Waals surface area (Å²) in [4.78, 5) is 12.1. The second kappa shape index (κ2) is 9.38. The number of aliphatic hydroxyl groups excluding tert-OH is 1. The maximum atomic E-state index is 12.1. The molecule has 0 aliphatic carbocycles. The van der Waals surface area contributed by atoms with E-state index in [2.05, 4.69) is 20.8 Å². The van der Waals surface area contributed by atoms with Crippen LogP contribution in [0.3, 0.4) is 0 Å². The molecule has 0 aromatic heterocycles. The van der Waals surface area contributed by atoms with Gasteiger partial charge in [0.25, 0.3) is 0 Å². The molecule has 0 aromatic carbocycles. The molecular weight excluding hydrogens is 252 g/mol. The molecule has 0 radical (unpaired) electrons. The molecule has 0 rings (SSSR count). The molecule has 0 unspecified atom stereocenters. The van der Waals surface area contributed by atoms with Crippen molar-refractivity contribution in [1.82, 2.24) is 0 Å². The molecule has 3 heteroatoms. The Morgan fingerprint density at radius 2 is 1.40 bits per heavy atom. The van der Waals surface area contributed by atoms with Gasteiger partial charge in [0.1, 0.15) is 0 Å². The lowest BCUT2D eigenvalue weighted by Crippen LogP contribution is -2.31. The molecule has 0 aliphatic rings. The number of carbonyl (C=O) groups excluding carboxylic acids is 1. The minimum Gasteiger partial charge on any atom is -0.465 e. The van der Waals surface area contributed by atoms with Gasteiger partial charge in [-0.15, -0.1) is 0 Å². The smallest absolute Gasteiger partial charge is 0.311 e. The molecule has 0 heterocycles. The van der Waals surface area contributed by atoms with Crippen LogP contribution in [0.4, 0.5) is 0 Å². The van der Waals surface area contributed by atoms with Crippen LogP contribution < -0.4 is 0 Å². The molecule has 0 bridgehead atoms. The summed E-state index contributed by atoms with van der Waals surface area (Å²) in [7, 11) is 0. The van der Waals surface area contributed by atoms with Crippen LogP contribution in [0.15, 0.2) is 0 Å². The molecule has 0 spiro atoms. The molecule has 0 saturated heterocycles. The van der Waals surface area contributed by atoms with Crippen LogP contribution in [0.1, 0.15) is 79.6 Å². The number of hydrogen-bond donors (Lipinski definition) is 1. The number of hydrogen-bond acceptors (Lipinski definition) is 3. The summed E-state index contributed by atoms with van der Waals surface area (Å²) >= 11 is 0. The van der Waals surface area contributed by atoms with E-state index in [0.29, 0.717) is 13.2 Å². The zero-order chi connectivity index (χ0) is 15.6. The van der Waals surface area contributed by atoms with Crippen LogP contribution in [0.2, 0.25) is 0 Å². The lowest BCUT2D eigenvalue weighted by Gasteiger charge is -2.30. The molecule has 120 valence electrons. The third-order valence-corrected chi connectivity index (χ3v) is 3.31. The summed E-state index contributed by atoms with van der Waals surface area (Å²) in [6, 6.07) is 0. The Hall–Kier alpha value is -0.570. The van der Waals surface area contributed by atoms with Crippen LogP contribution in [0, 0.1) is 10.8 Å². The summed E-state index contributed by atoms with van der Waals surface area (Å²) in [5.41, 5.74) is -0.269. The second-order valence-corrected chi connectivity index (χ2v) is 7.60. The minimum atomic E-state index is -0.403. The molecule has 0 atom stereocenters. The van der Waals surface area contributed by atoms with Gasteiger partial charge in [-0.1, -0.05) is 46.5 Å². The standard InChI is InChI=1S/C17H34O3/c1-16(2,3)14-17(4,5)15(19)20-13-11-9-7-6-8-10-12-18/h18H,6-14H2,1-5H3. The van der Waals surface area contributed by atoms with E-state index in [1.165, 1.54) is 0 Å². The molecule has 0 aromatic rings. The summed E-state index contributed by atoms with van der Waals surface area (Å²) in [6.45, 7) is 11.2. The van der Waals surface area contributed by atoms with Crippen molar-refractivity contribution in [2.45, 2.75) is 79.6 Å². The van der Waals surface area contributed by atoms with Gasteiger partial charge >= 0.3 is 5.97 Å². The third kappa shape index (κ3) is 10.2. The lowest BCUT2D eigenvalue weighted by molar-refractivity contribution is -0.155. The third-order valence-electron chi connectivity index (χ3n) is 3.31. The van der Waals surface area contributed by atoms with Crippen molar-refractivity contribution in [2.24, 2.45) is 10.8 Å². The number of rotatable bonds is 10. The van der Waals surface area contributed by atoms with Crippen molar-refractivity contribution in [3.8, 4) is 0 Å². The van der Waals surface area contributed by atoms with Crippen molar-refractivity contribution in [1.29, 1.82) is 0 Å². The van der Waals surface area contributed by atoms with E-state index < -0.39 is 5.41 Å². The predicted octanol–water partition coefficient (Wildman–Crippen LogP) is 4.32. The first-order valence-electron chi connectivity index (χ1n) is 7.97. The van der Waals surface area contributed by atoms with Gasteiger partial charge in [0, 0.05) is 6.61 Å². The molecule has 0 aliphatic heterocycles. The number of aliphatic hydroxyl groups is 1. The summed E-state index contributed by atoms with van der Waals surface area (Å²) < 4.78 is 5.40. The minimum absolute atomic E-state index is 0.0762. The second-order valence-electron chi connectivity index (χ2n) is 7.60. The van der Waals surface area contributed by atoms with E-state index in [1.54, 1.807) is 0 Å². The number of ether oxygens (including phenoxy) is 1. The van der Waals surface area contributed by atoms with Crippen molar-refractivity contribution >= 4 is 5.97 Å². The zero-order valence-electron chi connectivity index (χ0n) is 14.1. The summed E-state index contributed by atoms with van der Waals surface area (Å²) in [5, 5.41) is 8.67. The van der Waals surface area contributed by atoms with Gasteiger partial charge in [0.2, 0.25) is 0 Å². The zero-order valence-corrected chi connectivity index (χ0v) is 14.1. The van der Waals surface area contributed by atoms with Gasteiger partial charge in [0.15, 0.2) is 0 Å². The first-order chi connectivity index (χ1) is 9.19. The van der Waals surface area contributed by atoms with E-state index in [0.717, 1.165) is 44.9 Å². The molecule has 3 nitrogen and oxygen atoms in total. The monoisotopic (exact) mass is 286 g/mol. The van der Waals surface area contributed by atoms with E-state index >= 15 is 0 Å². The molecule has 0 saturated carbocycles. The fourth-order valence-corrected chi connectivity index (χ4v) is 2.68. The number of unbranched alkanes of at least 4 members (excludes halogenated alkanes) is 5. The van der Waals surface area contributed by atoms with E-state index in [9.17, 15) is 4.79 Å². The highest BCUT2D eigenvalue weighted by molar-refractivity contribution is 5.75. The van der Waals surface area contributed by atoms with Crippen LogP contribution in [0.25, 0.3) is 0 Å². The molecule has 20 heavy (non-hydrogen) atoms. The van der Waals surface area contributed by atoms with E-state index in [-0.39, 0.29) is 11.4 Å². The van der Waals surface area contributed by atoms with Gasteiger partial charge in [-0.05, 0) is 38.5 Å². The Balaban J connectivity index is 3.72. The highest BCUT2D eigenvalue weighted by Crippen LogP contribution is 2.34. The van der Waals surface area contributed by atoms with Crippen LogP contribution in [-0.4, -0.2) is 24.3 Å². The Morgan fingerprint density at radius 3 is 1.90 bits per heavy atom. The molecule has 1 N–H and O–H groups in total. The number of carbonyl (C=O) groups is 1. The summed E-state index contributed by atoms with van der Waals surface area (Å²) in [5.74, 6) is -0.0762. The topological polar surface area (TPSA) is 46.5 Å². The van der Waals surface area contributed by atoms with Gasteiger partial charge < -0.3 is 9.84 Å². The maximum Gasteiger partial charge on any atom is 0.311 e. The Labute approximate surface area is 125 Å². The van der Waals surface area contributed by atoms with Gasteiger partial charge in [-0.3, -0.25) is 4.79 Å². The van der Waals surface area contributed by atoms with Crippen molar-refractivity contribution in [2.75, 3.05) is 13.2 Å². The first kappa shape index (κ1) is 19.4. The van der Waals surface area contributed by atoms with Crippen LogP contribution in [0.5, 0.6) is 0 Å². The fourth-order valence-electron chi connectivity index (χ4n) is 2.68. The molecule has 0 fully saturated rings.